The Hall–Kier alpha value is -3.53. The first-order valence-electron chi connectivity index (χ1n) is 10.6. The fraction of sp³-hybridized carbons (Fsp3) is 0.304. The highest BCUT2D eigenvalue weighted by molar-refractivity contribution is 7.91. The van der Waals surface area contributed by atoms with Gasteiger partial charge in [0, 0.05) is 35.8 Å². The molecule has 1 saturated heterocycles. The molecule has 1 fully saturated rings. The van der Waals surface area contributed by atoms with E-state index in [4.69, 9.17) is 10.7 Å². The molecule has 0 bridgehead atoms. The van der Waals surface area contributed by atoms with Crippen LogP contribution in [0.4, 0.5) is 11.6 Å². The van der Waals surface area contributed by atoms with Crippen molar-refractivity contribution in [2.24, 2.45) is 0 Å². The summed E-state index contributed by atoms with van der Waals surface area (Å²) in [7, 11) is -1.35. The van der Waals surface area contributed by atoms with E-state index >= 15 is 0 Å². The van der Waals surface area contributed by atoms with Crippen LogP contribution in [0.2, 0.25) is 0 Å². The number of anilines is 2. The SMILES string of the molecule is CC(=O)c1c(N(C)C2CCS(=O)(=O)C2)nc2c(-c3cnc4ccc(C)cc4c3)cnn2c1N. The van der Waals surface area contributed by atoms with E-state index in [2.05, 4.69) is 16.1 Å². The van der Waals surface area contributed by atoms with Crippen molar-refractivity contribution in [1.29, 1.82) is 0 Å². The first kappa shape index (κ1) is 21.3. The number of ketones is 1. The molecular weight excluding hydrogens is 440 g/mol. The Labute approximate surface area is 191 Å². The molecule has 10 heteroatoms. The first-order chi connectivity index (χ1) is 15.6. The van der Waals surface area contributed by atoms with Gasteiger partial charge in [0.05, 0.1) is 23.2 Å². The standard InChI is InChI=1S/C23H24N6O3S/c1-13-4-5-19-15(8-13)9-16(10-25-19)18-11-26-29-21(24)20(14(2)30)23(27-22(18)29)28(3)17-6-7-33(31,32)12-17/h4-5,8-11,17H,6-7,12,24H2,1-3H3. The van der Waals surface area contributed by atoms with Crippen LogP contribution < -0.4 is 10.6 Å². The second kappa shape index (κ2) is 7.51. The topological polar surface area (TPSA) is 124 Å². The highest BCUT2D eigenvalue weighted by Crippen LogP contribution is 2.33. The normalized spacial score (nSPS) is 17.6. The maximum atomic E-state index is 12.5. The quantitative estimate of drug-likeness (QED) is 0.457. The number of sulfone groups is 1. The predicted octanol–water partition coefficient (Wildman–Crippen LogP) is 2.66. The van der Waals surface area contributed by atoms with Crippen molar-refractivity contribution in [3.8, 4) is 11.1 Å². The minimum absolute atomic E-state index is 0.0215. The van der Waals surface area contributed by atoms with Gasteiger partial charge in [-0.15, -0.1) is 0 Å². The molecule has 0 radical (unpaired) electrons. The summed E-state index contributed by atoms with van der Waals surface area (Å²) in [5.74, 6) is 0.416. The maximum Gasteiger partial charge on any atom is 0.167 e. The average Bonchev–Trinajstić information content (AvgIpc) is 3.35. The molecule has 170 valence electrons. The Morgan fingerprint density at radius 1 is 1.24 bits per heavy atom. The van der Waals surface area contributed by atoms with Gasteiger partial charge < -0.3 is 10.6 Å². The summed E-state index contributed by atoms with van der Waals surface area (Å²) in [4.78, 5) is 23.6. The van der Waals surface area contributed by atoms with Crippen molar-refractivity contribution in [3.05, 3.63) is 47.8 Å². The van der Waals surface area contributed by atoms with E-state index in [1.165, 1.54) is 11.4 Å². The number of rotatable bonds is 4. The molecule has 9 nitrogen and oxygen atoms in total. The van der Waals surface area contributed by atoms with Crippen LogP contribution in [0.15, 0.2) is 36.7 Å². The average molecular weight is 465 g/mol. The number of pyridine rings is 1. The van der Waals surface area contributed by atoms with E-state index in [1.54, 1.807) is 24.3 Å². The fourth-order valence-corrected chi connectivity index (χ4v) is 6.23. The summed E-state index contributed by atoms with van der Waals surface area (Å²) in [6.45, 7) is 3.44. The van der Waals surface area contributed by atoms with Crippen molar-refractivity contribution in [1.82, 2.24) is 19.6 Å². The number of nitrogen functional groups attached to an aromatic ring is 1. The van der Waals surface area contributed by atoms with Crippen molar-refractivity contribution < 1.29 is 13.2 Å². The first-order valence-corrected chi connectivity index (χ1v) is 12.4. The molecule has 1 atom stereocenters. The number of aryl methyl sites for hydroxylation is 1. The van der Waals surface area contributed by atoms with E-state index in [0.29, 0.717) is 17.9 Å². The Balaban J connectivity index is 1.69. The number of benzene rings is 1. The van der Waals surface area contributed by atoms with E-state index < -0.39 is 9.84 Å². The zero-order valence-electron chi connectivity index (χ0n) is 18.6. The number of fused-ring (bicyclic) bond motifs is 2. The molecule has 0 aliphatic carbocycles. The summed E-state index contributed by atoms with van der Waals surface area (Å²) in [5.41, 5.74) is 10.7. The van der Waals surface area contributed by atoms with Gasteiger partial charge in [-0.3, -0.25) is 9.78 Å². The second-order valence-corrected chi connectivity index (χ2v) is 10.9. The Kier molecular flexibility index (Phi) is 4.86. The number of hydrogen-bond donors (Lipinski definition) is 1. The van der Waals surface area contributed by atoms with Crippen LogP contribution in [-0.4, -0.2) is 58.4 Å². The molecule has 33 heavy (non-hydrogen) atoms. The van der Waals surface area contributed by atoms with Gasteiger partial charge >= 0.3 is 0 Å². The number of carbonyl (C=O) groups is 1. The molecule has 2 N–H and O–H groups in total. The number of nitrogens with zero attached hydrogens (tertiary/aromatic N) is 5. The smallest absolute Gasteiger partial charge is 0.167 e. The zero-order chi connectivity index (χ0) is 23.5. The van der Waals surface area contributed by atoms with Crippen molar-refractivity contribution in [3.63, 3.8) is 0 Å². The van der Waals surface area contributed by atoms with E-state index in [0.717, 1.165) is 27.6 Å². The van der Waals surface area contributed by atoms with Gasteiger partial charge in [-0.2, -0.15) is 9.61 Å². The van der Waals surface area contributed by atoms with Gasteiger partial charge in [-0.05, 0) is 38.5 Å². The summed E-state index contributed by atoms with van der Waals surface area (Å²) >= 11 is 0. The van der Waals surface area contributed by atoms with Gasteiger partial charge in [-0.25, -0.2) is 13.4 Å². The van der Waals surface area contributed by atoms with Crippen molar-refractivity contribution in [2.45, 2.75) is 26.3 Å². The van der Waals surface area contributed by atoms with Gasteiger partial charge in [0.15, 0.2) is 21.3 Å². The summed E-state index contributed by atoms with van der Waals surface area (Å²) in [6, 6.07) is 7.80. The Bertz CT molecular complexity index is 1540. The molecule has 3 aromatic heterocycles. The lowest BCUT2D eigenvalue weighted by molar-refractivity contribution is 0.101. The monoisotopic (exact) mass is 464 g/mol. The molecule has 1 aromatic carbocycles. The Morgan fingerprint density at radius 2 is 2.03 bits per heavy atom. The van der Waals surface area contributed by atoms with Crippen LogP contribution in [0.5, 0.6) is 0 Å². The number of nitrogens with two attached hydrogens (primary N) is 1. The van der Waals surface area contributed by atoms with E-state index in [9.17, 15) is 13.2 Å². The zero-order valence-corrected chi connectivity index (χ0v) is 19.4. The highest BCUT2D eigenvalue weighted by atomic mass is 32.2. The molecule has 1 unspecified atom stereocenters. The van der Waals surface area contributed by atoms with Gasteiger partial charge in [0.25, 0.3) is 0 Å². The van der Waals surface area contributed by atoms with E-state index in [-0.39, 0.29) is 34.7 Å². The van der Waals surface area contributed by atoms with E-state index in [1.807, 2.05) is 25.1 Å². The molecule has 5 rings (SSSR count). The van der Waals surface area contributed by atoms with Crippen LogP contribution in [0.3, 0.4) is 0 Å². The molecule has 1 aliphatic rings. The lowest BCUT2D eigenvalue weighted by Gasteiger charge is -2.27. The number of aromatic nitrogens is 4. The third-order valence-corrected chi connectivity index (χ3v) is 8.00. The second-order valence-electron chi connectivity index (χ2n) is 8.63. The van der Waals surface area contributed by atoms with Crippen LogP contribution in [-0.2, 0) is 9.84 Å². The third-order valence-electron chi connectivity index (χ3n) is 6.25. The molecule has 4 heterocycles. The lowest BCUT2D eigenvalue weighted by atomic mass is 10.1. The summed E-state index contributed by atoms with van der Waals surface area (Å²) in [6.07, 6.45) is 3.90. The third kappa shape index (κ3) is 3.60. The van der Waals surface area contributed by atoms with Crippen LogP contribution in [0.1, 0.15) is 29.3 Å². The Morgan fingerprint density at radius 3 is 2.73 bits per heavy atom. The predicted molar refractivity (Wildman–Crippen MR) is 128 cm³/mol. The van der Waals surface area contributed by atoms with Crippen LogP contribution in [0, 0.1) is 6.92 Å². The molecule has 1 aliphatic heterocycles. The van der Waals surface area contributed by atoms with Crippen LogP contribution >= 0.6 is 0 Å². The number of hydrogen-bond acceptors (Lipinski definition) is 8. The molecular formula is C23H24N6O3S. The summed E-state index contributed by atoms with van der Waals surface area (Å²) in [5, 5.41) is 5.39. The van der Waals surface area contributed by atoms with Crippen LogP contribution in [0.25, 0.3) is 27.7 Å². The fourth-order valence-electron chi connectivity index (χ4n) is 4.45. The molecule has 0 spiro atoms. The van der Waals surface area contributed by atoms with Crippen molar-refractivity contribution >= 4 is 43.8 Å². The highest BCUT2D eigenvalue weighted by Gasteiger charge is 2.33. The number of Topliss-reactive ketones (excluding diaryl/α,β-unsaturated/α-hetero) is 1. The number of carbonyl (C=O) groups excluding carboxylic acids is 1. The van der Waals surface area contributed by atoms with Crippen molar-refractivity contribution in [2.75, 3.05) is 29.2 Å². The molecule has 4 aromatic rings. The largest absolute Gasteiger partial charge is 0.383 e. The molecule has 0 amide bonds. The summed E-state index contributed by atoms with van der Waals surface area (Å²) < 4.78 is 25.5. The van der Waals surface area contributed by atoms with Gasteiger partial charge in [0.1, 0.15) is 17.2 Å². The van der Waals surface area contributed by atoms with Gasteiger partial charge in [0.2, 0.25) is 0 Å². The minimum Gasteiger partial charge on any atom is -0.383 e. The maximum absolute atomic E-state index is 12.5. The molecule has 0 saturated carbocycles. The lowest BCUT2D eigenvalue weighted by Crippen LogP contribution is -2.35. The van der Waals surface area contributed by atoms with Gasteiger partial charge in [-0.1, -0.05) is 11.6 Å². The minimum atomic E-state index is -3.11.